The first-order valence-corrected chi connectivity index (χ1v) is 11.2. The summed E-state index contributed by atoms with van der Waals surface area (Å²) in [6, 6.07) is 11.6. The molecule has 5 nitrogen and oxygen atoms in total. The lowest BCUT2D eigenvalue weighted by molar-refractivity contribution is 0.102. The molecule has 1 saturated heterocycles. The largest absolute Gasteiger partial charge is 0.356 e. The van der Waals surface area contributed by atoms with Crippen molar-refractivity contribution in [3.63, 3.8) is 0 Å². The number of aromatic nitrogens is 1. The average Bonchev–Trinajstić information content (AvgIpc) is 3.46. The minimum Gasteiger partial charge on any atom is -0.356 e. The summed E-state index contributed by atoms with van der Waals surface area (Å²) in [6.45, 7) is 8.35. The first-order valence-electron chi connectivity index (χ1n) is 10.4. The molecule has 2 heterocycles. The Hall–Kier alpha value is -2.05. The monoisotopic (exact) mass is 410 g/mol. The quantitative estimate of drug-likeness (QED) is 0.671. The number of carbonyl (C=O) groups excluding carboxylic acids is 1. The van der Waals surface area contributed by atoms with E-state index in [9.17, 15) is 4.79 Å². The van der Waals surface area contributed by atoms with E-state index < -0.39 is 0 Å². The molecule has 154 valence electrons. The van der Waals surface area contributed by atoms with Gasteiger partial charge in [0.25, 0.3) is 5.91 Å². The maximum absolute atomic E-state index is 13.0. The number of benzene rings is 1. The summed E-state index contributed by atoms with van der Waals surface area (Å²) >= 11 is 1.57. The van der Waals surface area contributed by atoms with Crippen LogP contribution in [0.5, 0.6) is 0 Å². The van der Waals surface area contributed by atoms with E-state index in [4.69, 9.17) is 0 Å². The Kier molecular flexibility index (Phi) is 5.58. The van der Waals surface area contributed by atoms with Gasteiger partial charge < -0.3 is 10.2 Å². The van der Waals surface area contributed by atoms with Crippen LogP contribution < -0.4 is 14.9 Å². The van der Waals surface area contributed by atoms with Crippen LogP contribution in [0.2, 0.25) is 0 Å². The molecule has 1 spiro atoms. The number of amides is 1. The van der Waals surface area contributed by atoms with E-state index in [0.717, 1.165) is 29.5 Å². The highest BCUT2D eigenvalue weighted by Crippen LogP contribution is 2.53. The van der Waals surface area contributed by atoms with Crippen LogP contribution in [0, 0.1) is 5.41 Å². The molecule has 0 radical (unpaired) electrons. The van der Waals surface area contributed by atoms with Crippen molar-refractivity contribution in [2.24, 2.45) is 5.41 Å². The highest BCUT2D eigenvalue weighted by Gasteiger charge is 2.44. The van der Waals surface area contributed by atoms with Crippen molar-refractivity contribution >= 4 is 29.4 Å². The smallest absolute Gasteiger partial charge is 0.259 e. The van der Waals surface area contributed by atoms with Crippen molar-refractivity contribution in [3.05, 3.63) is 48.2 Å². The Bertz CT molecular complexity index is 878. The molecular weight excluding hydrogens is 380 g/mol. The second-order valence-corrected chi connectivity index (χ2v) is 10.2. The number of hydrogen-bond acceptors (Lipinski definition) is 5. The molecule has 0 atom stereocenters. The molecule has 2 aliphatic rings. The molecule has 2 fully saturated rings. The van der Waals surface area contributed by atoms with E-state index >= 15 is 0 Å². The number of piperidine rings is 1. The number of rotatable bonds is 5. The third-order valence-electron chi connectivity index (χ3n) is 5.68. The maximum atomic E-state index is 13.0. The average molecular weight is 411 g/mol. The normalized spacial score (nSPS) is 18.0. The zero-order valence-electron chi connectivity index (χ0n) is 17.5. The van der Waals surface area contributed by atoms with Crippen molar-refractivity contribution in [1.82, 2.24) is 9.71 Å². The van der Waals surface area contributed by atoms with Crippen molar-refractivity contribution in [2.45, 2.75) is 56.9 Å². The van der Waals surface area contributed by atoms with Crippen LogP contribution in [0.1, 0.15) is 56.8 Å². The van der Waals surface area contributed by atoms with Crippen molar-refractivity contribution in [2.75, 3.05) is 23.3 Å². The number of anilines is 2. The molecule has 1 aromatic heterocycles. The number of nitrogens with one attached hydrogen (secondary N) is 2. The van der Waals surface area contributed by atoms with Gasteiger partial charge in [0.1, 0.15) is 5.82 Å². The minimum atomic E-state index is -0.106. The van der Waals surface area contributed by atoms with E-state index in [-0.39, 0.29) is 11.4 Å². The topological polar surface area (TPSA) is 57.3 Å². The Balaban J connectivity index is 1.45. The first-order chi connectivity index (χ1) is 13.8. The molecule has 1 saturated carbocycles. The van der Waals surface area contributed by atoms with Gasteiger partial charge in [-0.25, -0.2) is 4.98 Å². The fourth-order valence-corrected chi connectivity index (χ4v) is 4.50. The number of hydrogen-bond donors (Lipinski definition) is 2. The van der Waals surface area contributed by atoms with Gasteiger partial charge in [0.05, 0.1) is 5.56 Å². The van der Waals surface area contributed by atoms with Gasteiger partial charge in [0.2, 0.25) is 0 Å². The van der Waals surface area contributed by atoms with Gasteiger partial charge in [0.15, 0.2) is 0 Å². The summed E-state index contributed by atoms with van der Waals surface area (Å²) in [5, 5.41) is 3.06. The van der Waals surface area contributed by atoms with Crippen LogP contribution >= 0.6 is 11.9 Å². The molecule has 1 amide bonds. The Morgan fingerprint density at radius 1 is 1.10 bits per heavy atom. The predicted octanol–water partition coefficient (Wildman–Crippen LogP) is 5.11. The third-order valence-corrected chi connectivity index (χ3v) is 6.88. The van der Waals surface area contributed by atoms with Crippen LogP contribution in [0.25, 0.3) is 0 Å². The van der Waals surface area contributed by atoms with E-state index in [2.05, 4.69) is 40.7 Å². The first kappa shape index (κ1) is 20.2. The number of carbonyl (C=O) groups is 1. The summed E-state index contributed by atoms with van der Waals surface area (Å²) in [5.41, 5.74) is 2.06. The van der Waals surface area contributed by atoms with Crippen molar-refractivity contribution in [1.29, 1.82) is 0 Å². The van der Waals surface area contributed by atoms with Gasteiger partial charge in [-0.3, -0.25) is 9.52 Å². The highest BCUT2D eigenvalue weighted by atomic mass is 32.2. The summed E-state index contributed by atoms with van der Waals surface area (Å²) in [5.74, 6) is 0.700. The van der Waals surface area contributed by atoms with E-state index in [1.807, 2.05) is 36.4 Å². The zero-order valence-corrected chi connectivity index (χ0v) is 18.3. The minimum absolute atomic E-state index is 0.0159. The molecule has 6 heteroatoms. The van der Waals surface area contributed by atoms with Crippen LogP contribution in [0.4, 0.5) is 11.5 Å². The standard InChI is InChI=1S/C23H30N4OS/c1-22(2,3)26-29-18-7-4-6-17(16-18)25-21(28)19-8-5-13-24-20(19)27-14-11-23(9-10-23)12-15-27/h4-8,13,16,26H,9-12,14-15H2,1-3H3,(H,25,28). The number of pyridine rings is 1. The van der Waals surface area contributed by atoms with Gasteiger partial charge in [-0.2, -0.15) is 0 Å². The van der Waals surface area contributed by atoms with Crippen LogP contribution in [-0.2, 0) is 0 Å². The predicted molar refractivity (Wildman–Crippen MR) is 120 cm³/mol. The van der Waals surface area contributed by atoms with Gasteiger partial charge >= 0.3 is 0 Å². The second kappa shape index (κ2) is 8.00. The van der Waals surface area contributed by atoms with E-state index in [1.165, 1.54) is 25.7 Å². The van der Waals surface area contributed by atoms with E-state index in [0.29, 0.717) is 11.0 Å². The lowest BCUT2D eigenvalue weighted by Gasteiger charge is -2.33. The van der Waals surface area contributed by atoms with Gasteiger partial charge in [-0.15, -0.1) is 0 Å². The van der Waals surface area contributed by atoms with Gasteiger partial charge in [-0.05, 0) is 94.1 Å². The molecule has 0 bridgehead atoms. The fraction of sp³-hybridized carbons (Fsp3) is 0.478. The summed E-state index contributed by atoms with van der Waals surface area (Å²) in [4.78, 5) is 20.9. The molecule has 1 aliphatic heterocycles. The summed E-state index contributed by atoms with van der Waals surface area (Å²) < 4.78 is 3.40. The molecule has 29 heavy (non-hydrogen) atoms. The van der Waals surface area contributed by atoms with Gasteiger partial charge in [0, 0.05) is 35.4 Å². The fourth-order valence-electron chi connectivity index (χ4n) is 3.74. The molecule has 1 aliphatic carbocycles. The van der Waals surface area contributed by atoms with Gasteiger partial charge in [-0.1, -0.05) is 6.07 Å². The summed E-state index contributed by atoms with van der Waals surface area (Å²) in [7, 11) is 0. The molecule has 4 rings (SSSR count). The molecule has 0 unspecified atom stereocenters. The third kappa shape index (κ3) is 5.11. The second-order valence-electron chi connectivity index (χ2n) is 9.30. The molecule has 1 aromatic carbocycles. The molecule has 2 N–H and O–H groups in total. The van der Waals surface area contributed by atoms with Crippen LogP contribution in [-0.4, -0.2) is 29.5 Å². The Morgan fingerprint density at radius 2 is 1.86 bits per heavy atom. The van der Waals surface area contributed by atoms with Crippen LogP contribution in [0.3, 0.4) is 0 Å². The zero-order chi connectivity index (χ0) is 20.5. The summed E-state index contributed by atoms with van der Waals surface area (Å²) in [6.07, 6.45) is 6.95. The maximum Gasteiger partial charge on any atom is 0.259 e. The number of nitrogens with zero attached hydrogens (tertiary/aromatic N) is 2. The van der Waals surface area contributed by atoms with Crippen LogP contribution in [0.15, 0.2) is 47.5 Å². The highest BCUT2D eigenvalue weighted by molar-refractivity contribution is 7.97. The lowest BCUT2D eigenvalue weighted by atomic mass is 9.93. The lowest BCUT2D eigenvalue weighted by Crippen LogP contribution is -2.36. The molecular formula is C23H30N4OS. The Labute approximate surface area is 177 Å². The van der Waals surface area contributed by atoms with E-state index in [1.54, 1.807) is 18.1 Å². The van der Waals surface area contributed by atoms with Crippen molar-refractivity contribution in [3.8, 4) is 0 Å². The Morgan fingerprint density at radius 3 is 2.55 bits per heavy atom. The van der Waals surface area contributed by atoms with Crippen molar-refractivity contribution < 1.29 is 4.79 Å². The SMILES string of the molecule is CC(C)(C)NSc1cccc(NC(=O)c2cccnc2N2CCC3(CC2)CC3)c1. The molecule has 2 aromatic rings.